The van der Waals surface area contributed by atoms with Crippen LogP contribution in [0.15, 0.2) is 0 Å². The maximum atomic E-state index is 12.3. The molecule has 0 bridgehead atoms. The molecule has 2 rings (SSSR count). The number of nitrogens with one attached hydrogen (secondary N) is 2. The second-order valence-electron chi connectivity index (χ2n) is 5.37. The van der Waals surface area contributed by atoms with Crippen molar-refractivity contribution < 1.29 is 4.79 Å². The van der Waals surface area contributed by atoms with E-state index in [0.29, 0.717) is 11.9 Å². The lowest BCUT2D eigenvalue weighted by molar-refractivity contribution is -0.133. The molecule has 1 aliphatic carbocycles. The zero-order valence-electron chi connectivity index (χ0n) is 10.5. The van der Waals surface area contributed by atoms with Gasteiger partial charge >= 0.3 is 0 Å². The van der Waals surface area contributed by atoms with Crippen LogP contribution in [0.3, 0.4) is 0 Å². The van der Waals surface area contributed by atoms with Crippen LogP contribution in [0, 0.1) is 11.3 Å². The van der Waals surface area contributed by atoms with Gasteiger partial charge < -0.3 is 10.6 Å². The molecule has 1 heterocycles. The third-order valence-corrected chi connectivity index (χ3v) is 4.48. The summed E-state index contributed by atoms with van der Waals surface area (Å²) in [5.41, 5.74) is -0.0773. The highest BCUT2D eigenvalue weighted by Crippen LogP contribution is 2.37. The topological polar surface area (TPSA) is 41.1 Å². The summed E-state index contributed by atoms with van der Waals surface area (Å²) in [6.07, 6.45) is 5.37. The summed E-state index contributed by atoms with van der Waals surface area (Å²) in [6.45, 7) is 6.33. The molecular weight excluding hydrogens is 200 g/mol. The summed E-state index contributed by atoms with van der Waals surface area (Å²) in [5.74, 6) is 1.07. The van der Waals surface area contributed by atoms with Crippen LogP contribution in [0.1, 0.15) is 46.0 Å². The Labute approximate surface area is 98.4 Å². The number of carbonyl (C=O) groups excluding carboxylic acids is 1. The van der Waals surface area contributed by atoms with Crippen molar-refractivity contribution in [2.24, 2.45) is 11.3 Å². The van der Waals surface area contributed by atoms with Crippen molar-refractivity contribution in [1.82, 2.24) is 10.6 Å². The maximum Gasteiger partial charge on any atom is 0.226 e. The quantitative estimate of drug-likeness (QED) is 0.763. The molecule has 1 amide bonds. The highest BCUT2D eigenvalue weighted by atomic mass is 16.2. The fourth-order valence-corrected chi connectivity index (χ4v) is 2.84. The summed E-state index contributed by atoms with van der Waals surface area (Å²) in [6, 6.07) is 0.482. The van der Waals surface area contributed by atoms with E-state index in [1.165, 1.54) is 12.8 Å². The van der Waals surface area contributed by atoms with E-state index < -0.39 is 0 Å². The Morgan fingerprint density at radius 1 is 1.38 bits per heavy atom. The average molecular weight is 224 g/mol. The van der Waals surface area contributed by atoms with E-state index in [1.807, 2.05) is 0 Å². The van der Waals surface area contributed by atoms with Crippen LogP contribution in [0.4, 0.5) is 0 Å². The van der Waals surface area contributed by atoms with Gasteiger partial charge in [-0.2, -0.15) is 0 Å². The van der Waals surface area contributed by atoms with Crippen molar-refractivity contribution in [3.8, 4) is 0 Å². The van der Waals surface area contributed by atoms with E-state index >= 15 is 0 Å². The van der Waals surface area contributed by atoms with E-state index in [0.717, 1.165) is 38.3 Å². The molecule has 2 fully saturated rings. The molecule has 0 aromatic carbocycles. The van der Waals surface area contributed by atoms with Crippen LogP contribution < -0.4 is 10.6 Å². The fraction of sp³-hybridized carbons (Fsp3) is 0.923. The molecular formula is C13H24N2O. The molecule has 0 aromatic heterocycles. The second kappa shape index (κ2) is 4.74. The van der Waals surface area contributed by atoms with Gasteiger partial charge in [-0.15, -0.1) is 0 Å². The zero-order chi connectivity index (χ0) is 11.6. The molecule has 0 aromatic rings. The fourth-order valence-electron chi connectivity index (χ4n) is 2.84. The molecule has 3 nitrogen and oxygen atoms in total. The highest BCUT2D eigenvalue weighted by Gasteiger charge is 2.43. The summed E-state index contributed by atoms with van der Waals surface area (Å²) >= 11 is 0. The summed E-state index contributed by atoms with van der Waals surface area (Å²) in [5, 5.41) is 6.59. The number of rotatable bonds is 4. The predicted octanol–water partition coefficient (Wildman–Crippen LogP) is 1.68. The molecule has 1 saturated carbocycles. The molecule has 0 radical (unpaired) electrons. The van der Waals surface area contributed by atoms with Gasteiger partial charge in [0, 0.05) is 6.04 Å². The van der Waals surface area contributed by atoms with Crippen LogP contribution in [0.25, 0.3) is 0 Å². The van der Waals surface area contributed by atoms with Gasteiger partial charge in [-0.3, -0.25) is 4.79 Å². The smallest absolute Gasteiger partial charge is 0.226 e. The van der Waals surface area contributed by atoms with Crippen LogP contribution in [0.5, 0.6) is 0 Å². The third-order valence-electron chi connectivity index (χ3n) is 4.48. The first-order valence-electron chi connectivity index (χ1n) is 6.73. The number of piperidine rings is 1. The first-order valence-corrected chi connectivity index (χ1v) is 6.73. The van der Waals surface area contributed by atoms with Crippen molar-refractivity contribution in [3.63, 3.8) is 0 Å². The Balaban J connectivity index is 1.90. The maximum absolute atomic E-state index is 12.3. The lowest BCUT2D eigenvalue weighted by Crippen LogP contribution is -2.48. The molecule has 2 unspecified atom stereocenters. The van der Waals surface area contributed by atoms with Gasteiger partial charge in [0.25, 0.3) is 0 Å². The van der Waals surface area contributed by atoms with Gasteiger partial charge in [-0.25, -0.2) is 0 Å². The summed E-state index contributed by atoms with van der Waals surface area (Å²) in [7, 11) is 0. The van der Waals surface area contributed by atoms with Crippen LogP contribution in [0.2, 0.25) is 0 Å². The molecule has 0 spiro atoms. The Morgan fingerprint density at radius 3 is 2.56 bits per heavy atom. The van der Waals surface area contributed by atoms with Crippen molar-refractivity contribution in [2.75, 3.05) is 13.1 Å². The lowest BCUT2D eigenvalue weighted by atomic mass is 9.76. The monoisotopic (exact) mass is 224 g/mol. The number of hydrogen-bond donors (Lipinski definition) is 2. The van der Waals surface area contributed by atoms with Crippen molar-refractivity contribution in [2.45, 2.75) is 52.0 Å². The van der Waals surface area contributed by atoms with Crippen molar-refractivity contribution >= 4 is 5.91 Å². The van der Waals surface area contributed by atoms with E-state index in [4.69, 9.17) is 0 Å². The van der Waals surface area contributed by atoms with Gasteiger partial charge in [0.2, 0.25) is 5.91 Å². The highest BCUT2D eigenvalue weighted by molar-refractivity contribution is 5.83. The first-order chi connectivity index (χ1) is 7.72. The lowest BCUT2D eigenvalue weighted by Gasteiger charge is -2.35. The number of amides is 1. The Bertz CT molecular complexity index is 259. The predicted molar refractivity (Wildman–Crippen MR) is 65.2 cm³/mol. The number of hydrogen-bond acceptors (Lipinski definition) is 2. The molecule has 2 aliphatic rings. The van der Waals surface area contributed by atoms with Crippen molar-refractivity contribution in [3.05, 3.63) is 0 Å². The normalized spacial score (nSPS) is 32.1. The molecule has 1 aliphatic heterocycles. The standard InChI is InChI=1S/C13H24N2O/c1-3-10-9-11(10)15-12(16)13(4-2)5-7-14-8-6-13/h10-11,14H,3-9H2,1-2H3,(H,15,16). The largest absolute Gasteiger partial charge is 0.353 e. The number of carbonyl (C=O) groups is 1. The third kappa shape index (κ3) is 2.24. The molecule has 1 saturated heterocycles. The van der Waals surface area contributed by atoms with Gasteiger partial charge in [-0.1, -0.05) is 20.3 Å². The minimum Gasteiger partial charge on any atom is -0.353 e. The second-order valence-corrected chi connectivity index (χ2v) is 5.37. The van der Waals surface area contributed by atoms with E-state index in [-0.39, 0.29) is 5.41 Å². The van der Waals surface area contributed by atoms with E-state index in [1.54, 1.807) is 0 Å². The Morgan fingerprint density at radius 2 is 2.06 bits per heavy atom. The Kier molecular flexibility index (Phi) is 3.53. The minimum atomic E-state index is -0.0773. The van der Waals surface area contributed by atoms with Gasteiger partial charge in [-0.05, 0) is 44.7 Å². The van der Waals surface area contributed by atoms with Gasteiger partial charge in [0.15, 0.2) is 0 Å². The first kappa shape index (κ1) is 11.9. The van der Waals surface area contributed by atoms with Crippen LogP contribution >= 0.6 is 0 Å². The molecule has 92 valence electrons. The zero-order valence-corrected chi connectivity index (χ0v) is 10.5. The summed E-state index contributed by atoms with van der Waals surface area (Å²) < 4.78 is 0. The van der Waals surface area contributed by atoms with Gasteiger partial charge in [0.05, 0.1) is 5.41 Å². The molecule has 3 heteroatoms. The van der Waals surface area contributed by atoms with Gasteiger partial charge in [0.1, 0.15) is 0 Å². The van der Waals surface area contributed by atoms with E-state index in [2.05, 4.69) is 24.5 Å². The minimum absolute atomic E-state index is 0.0773. The molecule has 2 atom stereocenters. The van der Waals surface area contributed by atoms with Crippen LogP contribution in [-0.4, -0.2) is 25.0 Å². The molecule has 2 N–H and O–H groups in total. The van der Waals surface area contributed by atoms with Crippen molar-refractivity contribution in [1.29, 1.82) is 0 Å². The van der Waals surface area contributed by atoms with Crippen LogP contribution in [-0.2, 0) is 4.79 Å². The summed E-state index contributed by atoms with van der Waals surface area (Å²) in [4.78, 5) is 12.3. The molecule has 16 heavy (non-hydrogen) atoms. The Hall–Kier alpha value is -0.570. The van der Waals surface area contributed by atoms with E-state index in [9.17, 15) is 4.79 Å². The average Bonchev–Trinajstić information content (AvgIpc) is 3.08. The SMILES string of the molecule is CCC1CC1NC(=O)C1(CC)CCNCC1.